The Balaban J connectivity index is 2.31. The van der Waals surface area contributed by atoms with Gasteiger partial charge in [0.2, 0.25) is 0 Å². The van der Waals surface area contributed by atoms with E-state index in [0.717, 1.165) is 32.0 Å². The monoisotopic (exact) mass is 271 g/mol. The van der Waals surface area contributed by atoms with E-state index < -0.39 is 5.54 Å². The maximum absolute atomic E-state index is 12.1. The van der Waals surface area contributed by atoms with Gasteiger partial charge in [-0.1, -0.05) is 0 Å². The molecule has 0 amide bonds. The van der Waals surface area contributed by atoms with Crippen molar-refractivity contribution in [2.45, 2.75) is 65.0 Å². The fraction of sp³-hybridized carbons (Fsp3) is 0.933. The van der Waals surface area contributed by atoms with Gasteiger partial charge in [-0.15, -0.1) is 0 Å². The highest BCUT2D eigenvalue weighted by atomic mass is 16.5. The van der Waals surface area contributed by atoms with E-state index in [1.54, 1.807) is 0 Å². The predicted molar refractivity (Wildman–Crippen MR) is 76.1 cm³/mol. The summed E-state index contributed by atoms with van der Waals surface area (Å²) in [6.07, 6.45) is 4.25. The second-order valence-corrected chi connectivity index (χ2v) is 5.97. The lowest BCUT2D eigenvalue weighted by Gasteiger charge is -2.30. The number of ether oxygens (including phenoxy) is 2. The second kappa shape index (κ2) is 7.85. The highest BCUT2D eigenvalue weighted by Crippen LogP contribution is 2.28. The summed E-state index contributed by atoms with van der Waals surface area (Å²) < 4.78 is 10.8. The average molecular weight is 271 g/mol. The summed E-state index contributed by atoms with van der Waals surface area (Å²) >= 11 is 0. The summed E-state index contributed by atoms with van der Waals surface area (Å²) in [7, 11) is 0. The Morgan fingerprint density at radius 1 is 1.42 bits per heavy atom. The van der Waals surface area contributed by atoms with Crippen molar-refractivity contribution in [2.75, 3.05) is 19.8 Å². The van der Waals surface area contributed by atoms with E-state index in [1.165, 1.54) is 12.8 Å². The third kappa shape index (κ3) is 6.39. The minimum absolute atomic E-state index is 0.161. The molecule has 1 saturated carbocycles. The number of nitrogens with one attached hydrogen (secondary N) is 1. The Bertz CT molecular complexity index is 277. The first-order chi connectivity index (χ1) is 8.98. The second-order valence-electron chi connectivity index (χ2n) is 5.97. The molecule has 19 heavy (non-hydrogen) atoms. The van der Waals surface area contributed by atoms with Crippen LogP contribution in [0.5, 0.6) is 0 Å². The van der Waals surface area contributed by atoms with Gasteiger partial charge in [0.25, 0.3) is 0 Å². The first-order valence-corrected chi connectivity index (χ1v) is 7.50. The molecular weight excluding hydrogens is 242 g/mol. The van der Waals surface area contributed by atoms with Crippen molar-refractivity contribution < 1.29 is 14.3 Å². The summed E-state index contributed by atoms with van der Waals surface area (Å²) in [6.45, 7) is 9.88. The van der Waals surface area contributed by atoms with Crippen LogP contribution in [-0.2, 0) is 14.3 Å². The van der Waals surface area contributed by atoms with Gasteiger partial charge in [0.05, 0.1) is 6.61 Å². The number of hydrogen-bond acceptors (Lipinski definition) is 4. The van der Waals surface area contributed by atoms with E-state index in [-0.39, 0.29) is 12.0 Å². The highest BCUT2D eigenvalue weighted by molar-refractivity contribution is 5.80. The maximum Gasteiger partial charge on any atom is 0.326 e. The minimum Gasteiger partial charge on any atom is -0.465 e. The molecule has 1 N–H and O–H groups in total. The zero-order valence-corrected chi connectivity index (χ0v) is 12.8. The van der Waals surface area contributed by atoms with Crippen LogP contribution in [0.15, 0.2) is 0 Å². The molecule has 1 fully saturated rings. The van der Waals surface area contributed by atoms with E-state index in [0.29, 0.717) is 6.61 Å². The molecule has 0 aliphatic heterocycles. The Kier molecular flexibility index (Phi) is 6.80. The van der Waals surface area contributed by atoms with Gasteiger partial charge in [0.1, 0.15) is 5.54 Å². The van der Waals surface area contributed by atoms with E-state index in [1.807, 2.05) is 27.7 Å². The fourth-order valence-electron chi connectivity index (χ4n) is 2.22. The SMILES string of the molecule is CCOC(=O)C(C)(CCCOCC1CC1)NC(C)C. The molecule has 0 aromatic rings. The number of esters is 1. The molecule has 4 heteroatoms. The third-order valence-corrected chi connectivity index (χ3v) is 3.35. The Morgan fingerprint density at radius 2 is 2.11 bits per heavy atom. The smallest absolute Gasteiger partial charge is 0.326 e. The van der Waals surface area contributed by atoms with Crippen LogP contribution in [0.2, 0.25) is 0 Å². The Morgan fingerprint density at radius 3 is 2.63 bits per heavy atom. The van der Waals surface area contributed by atoms with Crippen LogP contribution in [0.25, 0.3) is 0 Å². The summed E-state index contributed by atoms with van der Waals surface area (Å²) in [5.41, 5.74) is -0.604. The molecule has 0 bridgehead atoms. The normalized spacial score (nSPS) is 18.4. The van der Waals surface area contributed by atoms with Crippen LogP contribution in [0.4, 0.5) is 0 Å². The van der Waals surface area contributed by atoms with Gasteiger partial charge < -0.3 is 9.47 Å². The summed E-state index contributed by atoms with van der Waals surface area (Å²) in [5, 5.41) is 3.32. The maximum atomic E-state index is 12.1. The van der Waals surface area contributed by atoms with Gasteiger partial charge in [-0.25, -0.2) is 0 Å². The van der Waals surface area contributed by atoms with Crippen LogP contribution in [-0.4, -0.2) is 37.4 Å². The molecule has 0 radical (unpaired) electrons. The van der Waals surface area contributed by atoms with Crippen molar-refractivity contribution in [1.29, 1.82) is 0 Å². The molecule has 1 rings (SSSR count). The molecule has 0 saturated heterocycles. The number of rotatable bonds is 10. The first kappa shape index (κ1) is 16.4. The molecular formula is C15H29NO3. The molecule has 1 aliphatic carbocycles. The minimum atomic E-state index is -0.604. The zero-order valence-electron chi connectivity index (χ0n) is 12.8. The molecule has 112 valence electrons. The van der Waals surface area contributed by atoms with Crippen LogP contribution in [0, 0.1) is 5.92 Å². The molecule has 0 heterocycles. The lowest BCUT2D eigenvalue weighted by atomic mass is 9.95. The van der Waals surface area contributed by atoms with Gasteiger partial charge in [-0.3, -0.25) is 10.1 Å². The van der Waals surface area contributed by atoms with Crippen LogP contribution >= 0.6 is 0 Å². The molecule has 1 atom stereocenters. The van der Waals surface area contributed by atoms with Gasteiger partial charge in [-0.2, -0.15) is 0 Å². The lowest BCUT2D eigenvalue weighted by Crippen LogP contribution is -2.53. The van der Waals surface area contributed by atoms with Crippen LogP contribution < -0.4 is 5.32 Å². The summed E-state index contributed by atoms with van der Waals surface area (Å²) in [6, 6.07) is 0.252. The molecule has 1 unspecified atom stereocenters. The quantitative estimate of drug-likeness (QED) is 0.490. The van der Waals surface area contributed by atoms with Gasteiger partial charge in [0.15, 0.2) is 0 Å². The lowest BCUT2D eigenvalue weighted by molar-refractivity contribution is -0.151. The van der Waals surface area contributed by atoms with E-state index in [2.05, 4.69) is 5.32 Å². The molecule has 0 spiro atoms. The van der Waals surface area contributed by atoms with E-state index in [4.69, 9.17) is 9.47 Å². The molecule has 0 aromatic carbocycles. The number of carbonyl (C=O) groups is 1. The summed E-state index contributed by atoms with van der Waals surface area (Å²) in [5.74, 6) is 0.635. The number of hydrogen-bond donors (Lipinski definition) is 1. The summed E-state index contributed by atoms with van der Waals surface area (Å²) in [4.78, 5) is 12.1. The van der Waals surface area contributed by atoms with Gasteiger partial charge in [-0.05, 0) is 59.3 Å². The van der Waals surface area contributed by atoms with Crippen molar-refractivity contribution in [3.8, 4) is 0 Å². The van der Waals surface area contributed by atoms with Gasteiger partial charge >= 0.3 is 5.97 Å². The topological polar surface area (TPSA) is 47.6 Å². The predicted octanol–water partition coefficient (Wildman–Crippen LogP) is 2.51. The molecule has 4 nitrogen and oxygen atoms in total. The van der Waals surface area contributed by atoms with Crippen molar-refractivity contribution >= 4 is 5.97 Å². The molecule has 0 aromatic heterocycles. The zero-order chi connectivity index (χ0) is 14.3. The Labute approximate surface area is 117 Å². The van der Waals surface area contributed by atoms with Crippen LogP contribution in [0.1, 0.15) is 53.4 Å². The van der Waals surface area contributed by atoms with E-state index >= 15 is 0 Å². The van der Waals surface area contributed by atoms with Crippen molar-refractivity contribution in [3.63, 3.8) is 0 Å². The van der Waals surface area contributed by atoms with Crippen LogP contribution in [0.3, 0.4) is 0 Å². The molecule has 1 aliphatic rings. The third-order valence-electron chi connectivity index (χ3n) is 3.35. The highest BCUT2D eigenvalue weighted by Gasteiger charge is 2.34. The fourth-order valence-corrected chi connectivity index (χ4v) is 2.22. The van der Waals surface area contributed by atoms with Crippen molar-refractivity contribution in [3.05, 3.63) is 0 Å². The standard InChI is InChI=1S/C15H29NO3/c1-5-19-14(17)15(4,16-12(2)3)9-6-10-18-11-13-7-8-13/h12-13,16H,5-11H2,1-4H3. The van der Waals surface area contributed by atoms with E-state index in [9.17, 15) is 4.79 Å². The number of carbonyl (C=O) groups excluding carboxylic acids is 1. The average Bonchev–Trinajstić information content (AvgIpc) is 3.12. The van der Waals surface area contributed by atoms with Gasteiger partial charge in [0, 0.05) is 19.3 Å². The Hall–Kier alpha value is -0.610. The van der Waals surface area contributed by atoms with Crippen molar-refractivity contribution in [2.24, 2.45) is 5.92 Å². The largest absolute Gasteiger partial charge is 0.465 e. The van der Waals surface area contributed by atoms with Crippen molar-refractivity contribution in [1.82, 2.24) is 5.32 Å². The first-order valence-electron chi connectivity index (χ1n) is 7.50.